The average molecular weight is 362 g/mol. The van der Waals surface area contributed by atoms with Gasteiger partial charge in [-0.25, -0.2) is 4.68 Å². The Labute approximate surface area is 155 Å². The molecule has 7 nitrogen and oxygen atoms in total. The van der Waals surface area contributed by atoms with Crippen molar-refractivity contribution in [1.29, 1.82) is 0 Å². The first-order chi connectivity index (χ1) is 13.2. The molecule has 0 radical (unpaired) electrons. The fourth-order valence-electron chi connectivity index (χ4n) is 3.99. The van der Waals surface area contributed by atoms with Gasteiger partial charge in [0.15, 0.2) is 0 Å². The fourth-order valence-corrected chi connectivity index (χ4v) is 3.99. The van der Waals surface area contributed by atoms with E-state index in [2.05, 4.69) is 21.5 Å². The molecule has 1 aliphatic heterocycles. The standard InChI is InChI=1S/C20H18N4O3/c1-26-14-6-4-12(5-7-14)13-9-15-18(16(25)10-13)19(17-3-2-8-27-17)24-20(23-15)21-11-22-24/h2-9,11,13,18-19H,10H2,1H3,(H,21,22,23)/t13-,18+,19+/m1/s1. The van der Waals surface area contributed by atoms with Crippen LogP contribution in [0.15, 0.2) is 65.2 Å². The summed E-state index contributed by atoms with van der Waals surface area (Å²) in [4.78, 5) is 17.4. The van der Waals surface area contributed by atoms with E-state index in [0.717, 1.165) is 17.0 Å². The van der Waals surface area contributed by atoms with Crippen molar-refractivity contribution < 1.29 is 13.9 Å². The summed E-state index contributed by atoms with van der Waals surface area (Å²) < 4.78 is 12.6. The molecular formula is C20H18N4O3. The lowest BCUT2D eigenvalue weighted by atomic mass is 9.77. The predicted molar refractivity (Wildman–Crippen MR) is 97.4 cm³/mol. The second-order valence-electron chi connectivity index (χ2n) is 6.76. The largest absolute Gasteiger partial charge is 0.497 e. The van der Waals surface area contributed by atoms with Gasteiger partial charge in [0, 0.05) is 18.0 Å². The van der Waals surface area contributed by atoms with E-state index in [1.807, 2.05) is 36.4 Å². The van der Waals surface area contributed by atoms with Gasteiger partial charge >= 0.3 is 0 Å². The van der Waals surface area contributed by atoms with Crippen LogP contribution in [0.1, 0.15) is 29.7 Å². The number of ether oxygens (including phenoxy) is 1. The summed E-state index contributed by atoms with van der Waals surface area (Å²) in [6.45, 7) is 0. The van der Waals surface area contributed by atoms with Gasteiger partial charge in [0.1, 0.15) is 29.7 Å². The van der Waals surface area contributed by atoms with Crippen molar-refractivity contribution in [2.45, 2.75) is 18.4 Å². The highest BCUT2D eigenvalue weighted by atomic mass is 16.5. The van der Waals surface area contributed by atoms with E-state index in [1.165, 1.54) is 6.33 Å². The van der Waals surface area contributed by atoms with Crippen LogP contribution >= 0.6 is 0 Å². The number of carbonyl (C=O) groups is 1. The minimum absolute atomic E-state index is 0.00822. The number of fused-ring (bicyclic) bond motifs is 2. The predicted octanol–water partition coefficient (Wildman–Crippen LogP) is 3.15. The van der Waals surface area contributed by atoms with Crippen LogP contribution in [0.5, 0.6) is 5.75 Å². The minimum atomic E-state index is -0.361. The number of anilines is 1. The van der Waals surface area contributed by atoms with Crippen LogP contribution in [-0.4, -0.2) is 27.7 Å². The molecule has 0 unspecified atom stereocenters. The summed E-state index contributed by atoms with van der Waals surface area (Å²) in [5.74, 6) is 1.92. The first kappa shape index (κ1) is 15.9. The molecule has 1 aromatic carbocycles. The van der Waals surface area contributed by atoms with E-state index in [-0.39, 0.29) is 23.7 Å². The van der Waals surface area contributed by atoms with Crippen LogP contribution in [0.25, 0.3) is 0 Å². The van der Waals surface area contributed by atoms with Crippen molar-refractivity contribution >= 4 is 11.7 Å². The first-order valence-corrected chi connectivity index (χ1v) is 8.83. The lowest BCUT2D eigenvalue weighted by Gasteiger charge is -2.36. The van der Waals surface area contributed by atoms with E-state index in [1.54, 1.807) is 18.1 Å². The van der Waals surface area contributed by atoms with Crippen molar-refractivity contribution in [3.05, 3.63) is 72.1 Å². The number of aromatic nitrogens is 3. The Morgan fingerprint density at radius 1 is 1.26 bits per heavy atom. The van der Waals surface area contributed by atoms with Crippen LogP contribution < -0.4 is 10.1 Å². The van der Waals surface area contributed by atoms with E-state index >= 15 is 0 Å². The molecule has 0 spiro atoms. The van der Waals surface area contributed by atoms with E-state index in [0.29, 0.717) is 18.1 Å². The minimum Gasteiger partial charge on any atom is -0.497 e. The molecule has 3 aromatic rings. The number of nitrogens with one attached hydrogen (secondary N) is 1. The lowest BCUT2D eigenvalue weighted by Crippen LogP contribution is -2.39. The highest BCUT2D eigenvalue weighted by Crippen LogP contribution is 2.44. The van der Waals surface area contributed by atoms with Gasteiger partial charge in [0.05, 0.1) is 19.3 Å². The van der Waals surface area contributed by atoms with Crippen LogP contribution in [-0.2, 0) is 4.79 Å². The number of ketones is 1. The third-order valence-electron chi connectivity index (χ3n) is 5.27. The molecule has 0 saturated carbocycles. The van der Waals surface area contributed by atoms with Gasteiger partial charge in [-0.05, 0) is 29.8 Å². The molecule has 1 aliphatic carbocycles. The number of benzene rings is 1. The molecule has 2 aromatic heterocycles. The van der Waals surface area contributed by atoms with Gasteiger partial charge in [-0.15, -0.1) is 0 Å². The van der Waals surface area contributed by atoms with Gasteiger partial charge in [0.2, 0.25) is 5.95 Å². The summed E-state index contributed by atoms with van der Waals surface area (Å²) in [6.07, 6.45) is 5.66. The van der Waals surface area contributed by atoms with Crippen molar-refractivity contribution in [3.8, 4) is 5.75 Å². The summed E-state index contributed by atoms with van der Waals surface area (Å²) in [5.41, 5.74) is 1.94. The quantitative estimate of drug-likeness (QED) is 0.771. The third kappa shape index (κ3) is 2.54. The molecule has 5 rings (SSSR count). The van der Waals surface area contributed by atoms with Gasteiger partial charge in [-0.1, -0.05) is 18.2 Å². The number of nitrogens with zero attached hydrogens (tertiary/aromatic N) is 3. The monoisotopic (exact) mass is 362 g/mol. The normalized spacial score (nSPS) is 23.8. The number of Topliss-reactive ketones (excluding diaryl/α,β-unsaturated/α-hetero) is 1. The highest BCUT2D eigenvalue weighted by molar-refractivity contribution is 5.88. The second kappa shape index (κ2) is 6.12. The Bertz CT molecular complexity index is 1000. The SMILES string of the molecule is COc1ccc([C@@H]2C=C3Nc4ncnn4[C@@H](c4ccco4)[C@@H]3C(=O)C2)cc1. The van der Waals surface area contributed by atoms with Crippen molar-refractivity contribution in [2.75, 3.05) is 12.4 Å². The number of allylic oxidation sites excluding steroid dienone is 2. The maximum absolute atomic E-state index is 13.2. The summed E-state index contributed by atoms with van der Waals surface area (Å²) in [5, 5.41) is 7.59. The molecule has 0 saturated heterocycles. The Morgan fingerprint density at radius 3 is 2.85 bits per heavy atom. The highest BCUT2D eigenvalue weighted by Gasteiger charge is 2.44. The Hall–Kier alpha value is -3.35. The van der Waals surface area contributed by atoms with Crippen molar-refractivity contribution in [3.63, 3.8) is 0 Å². The molecule has 0 bridgehead atoms. The zero-order valence-corrected chi connectivity index (χ0v) is 14.7. The fraction of sp³-hybridized carbons (Fsp3) is 0.250. The molecule has 3 atom stereocenters. The summed E-state index contributed by atoms with van der Waals surface area (Å²) in [7, 11) is 1.64. The maximum Gasteiger partial charge on any atom is 0.226 e. The van der Waals surface area contributed by atoms with Gasteiger partial charge < -0.3 is 14.5 Å². The average Bonchev–Trinajstić information content (AvgIpc) is 3.38. The van der Waals surface area contributed by atoms with Gasteiger partial charge in [-0.3, -0.25) is 4.79 Å². The maximum atomic E-state index is 13.2. The topological polar surface area (TPSA) is 82.2 Å². The van der Waals surface area contributed by atoms with E-state index in [9.17, 15) is 4.79 Å². The molecule has 7 heteroatoms. The number of methoxy groups -OCH3 is 1. The molecule has 27 heavy (non-hydrogen) atoms. The number of carbonyl (C=O) groups excluding carboxylic acids is 1. The molecular weight excluding hydrogens is 344 g/mol. The zero-order valence-electron chi connectivity index (χ0n) is 14.7. The number of rotatable bonds is 3. The second-order valence-corrected chi connectivity index (χ2v) is 6.76. The Kier molecular flexibility index (Phi) is 3.60. The molecule has 0 amide bonds. The third-order valence-corrected chi connectivity index (χ3v) is 5.27. The van der Waals surface area contributed by atoms with Gasteiger partial charge in [0.25, 0.3) is 0 Å². The van der Waals surface area contributed by atoms with E-state index in [4.69, 9.17) is 9.15 Å². The number of hydrogen-bond donors (Lipinski definition) is 1. The number of hydrogen-bond acceptors (Lipinski definition) is 6. The van der Waals surface area contributed by atoms with Crippen LogP contribution in [0, 0.1) is 5.92 Å². The smallest absolute Gasteiger partial charge is 0.226 e. The molecule has 3 heterocycles. The molecule has 1 N–H and O–H groups in total. The van der Waals surface area contributed by atoms with Gasteiger partial charge in [-0.2, -0.15) is 10.1 Å². The van der Waals surface area contributed by atoms with Crippen LogP contribution in [0.3, 0.4) is 0 Å². The van der Waals surface area contributed by atoms with Crippen LogP contribution in [0.2, 0.25) is 0 Å². The summed E-state index contributed by atoms with van der Waals surface area (Å²) >= 11 is 0. The van der Waals surface area contributed by atoms with E-state index < -0.39 is 0 Å². The Morgan fingerprint density at radius 2 is 2.11 bits per heavy atom. The van der Waals surface area contributed by atoms with Crippen molar-refractivity contribution in [1.82, 2.24) is 14.8 Å². The lowest BCUT2D eigenvalue weighted by molar-refractivity contribution is -0.123. The first-order valence-electron chi connectivity index (χ1n) is 8.83. The molecule has 0 fully saturated rings. The molecule has 2 aliphatic rings. The zero-order chi connectivity index (χ0) is 18.4. The number of furan rings is 1. The Balaban J connectivity index is 1.57. The molecule has 136 valence electrons. The van der Waals surface area contributed by atoms with Crippen LogP contribution in [0.4, 0.5) is 5.95 Å². The summed E-state index contributed by atoms with van der Waals surface area (Å²) in [6, 6.07) is 11.2. The van der Waals surface area contributed by atoms with Crippen molar-refractivity contribution in [2.24, 2.45) is 5.92 Å².